The van der Waals surface area contributed by atoms with Crippen molar-refractivity contribution in [2.24, 2.45) is 11.7 Å². The fraction of sp³-hybridized carbons (Fsp3) is 0.294. The van der Waals surface area contributed by atoms with Crippen LogP contribution in [0.3, 0.4) is 0 Å². The quantitative estimate of drug-likeness (QED) is 0.787. The highest BCUT2D eigenvalue weighted by molar-refractivity contribution is 7.89. The molecule has 132 valence electrons. The van der Waals surface area contributed by atoms with E-state index < -0.39 is 27.9 Å². The zero-order chi connectivity index (χ0) is 18.0. The number of benzene rings is 1. The van der Waals surface area contributed by atoms with Crippen LogP contribution in [0.1, 0.15) is 18.4 Å². The van der Waals surface area contributed by atoms with Gasteiger partial charge in [0.05, 0.1) is 17.0 Å². The number of sulfonamides is 1. The maximum Gasteiger partial charge on any atom is 0.241 e. The molecule has 2 aromatic rings. The van der Waals surface area contributed by atoms with Crippen LogP contribution >= 0.6 is 0 Å². The van der Waals surface area contributed by atoms with E-state index in [9.17, 15) is 13.2 Å². The molecular formula is C17H19N3O4S. The molecule has 3 rings (SSSR count). The van der Waals surface area contributed by atoms with Gasteiger partial charge in [-0.15, -0.1) is 0 Å². The number of hydrogen-bond acceptors (Lipinski definition) is 5. The average molecular weight is 361 g/mol. The number of aromatic nitrogens is 1. The Morgan fingerprint density at radius 3 is 2.72 bits per heavy atom. The fourth-order valence-electron chi connectivity index (χ4n) is 2.93. The lowest BCUT2D eigenvalue weighted by molar-refractivity contribution is -0.122. The van der Waals surface area contributed by atoms with Crippen LogP contribution in [0.25, 0.3) is 11.3 Å². The number of nitrogens with zero attached hydrogens (tertiary/aromatic N) is 1. The minimum Gasteiger partial charge on any atom is -0.369 e. The molecule has 1 aromatic heterocycles. The van der Waals surface area contributed by atoms with E-state index in [-0.39, 0.29) is 4.90 Å². The molecular weight excluding hydrogens is 342 g/mol. The highest BCUT2D eigenvalue weighted by Crippen LogP contribution is 2.26. The van der Waals surface area contributed by atoms with Crippen molar-refractivity contribution in [1.29, 1.82) is 0 Å². The van der Waals surface area contributed by atoms with Gasteiger partial charge in [0.15, 0.2) is 5.76 Å². The van der Waals surface area contributed by atoms with Crippen LogP contribution < -0.4 is 10.5 Å². The summed E-state index contributed by atoms with van der Waals surface area (Å²) in [4.78, 5) is 11.7. The minimum atomic E-state index is -3.82. The van der Waals surface area contributed by atoms with Crippen LogP contribution in [-0.2, 0) is 14.8 Å². The smallest absolute Gasteiger partial charge is 0.241 e. The Morgan fingerprint density at radius 1 is 1.28 bits per heavy atom. The molecule has 1 aliphatic carbocycles. The molecule has 0 spiro atoms. The third kappa shape index (κ3) is 3.64. The number of rotatable bonds is 5. The maximum absolute atomic E-state index is 12.9. The third-order valence-corrected chi connectivity index (χ3v) is 5.94. The monoisotopic (exact) mass is 361 g/mol. The standard InChI is InChI=1S/C17H19N3O4S/c1-11-6-7-12(15-8-9-19-24-15)10-16(11)25(22,23)20-14-5-3-2-4-13(14)17(18)21/h2-3,6-10,13-14,20H,4-5H2,1H3,(H2,18,21)/t13-,14-/m1/s1. The molecule has 0 bridgehead atoms. The van der Waals surface area contributed by atoms with Crippen molar-refractivity contribution < 1.29 is 17.7 Å². The molecule has 0 fully saturated rings. The van der Waals surface area contributed by atoms with Gasteiger partial charge in [-0.25, -0.2) is 13.1 Å². The Hall–Kier alpha value is -2.45. The SMILES string of the molecule is Cc1ccc(-c2ccno2)cc1S(=O)(=O)N[C@@H]1CC=CC[C@H]1C(N)=O. The predicted octanol–water partition coefficient (Wildman–Crippen LogP) is 1.75. The van der Waals surface area contributed by atoms with Crippen molar-refractivity contribution in [3.05, 3.63) is 48.2 Å². The number of nitrogens with two attached hydrogens (primary N) is 1. The molecule has 1 aliphatic rings. The normalized spacial score (nSPS) is 20.5. The first kappa shape index (κ1) is 17.4. The van der Waals surface area contributed by atoms with Gasteiger partial charge in [0.1, 0.15) is 0 Å². The Kier molecular flexibility index (Phi) is 4.73. The van der Waals surface area contributed by atoms with Crippen molar-refractivity contribution in [3.63, 3.8) is 0 Å². The largest absolute Gasteiger partial charge is 0.369 e. The van der Waals surface area contributed by atoms with E-state index in [1.807, 2.05) is 12.2 Å². The van der Waals surface area contributed by atoms with Gasteiger partial charge in [-0.05, 0) is 31.4 Å². The van der Waals surface area contributed by atoms with E-state index in [0.29, 0.717) is 29.7 Å². The number of primary amides is 1. The van der Waals surface area contributed by atoms with E-state index >= 15 is 0 Å². The molecule has 0 saturated heterocycles. The Balaban J connectivity index is 1.93. The number of aryl methyl sites for hydroxylation is 1. The number of allylic oxidation sites excluding steroid dienone is 1. The predicted molar refractivity (Wildman–Crippen MR) is 91.8 cm³/mol. The van der Waals surface area contributed by atoms with Crippen LogP contribution in [0.2, 0.25) is 0 Å². The first-order chi connectivity index (χ1) is 11.9. The highest BCUT2D eigenvalue weighted by Gasteiger charge is 2.31. The number of carbonyl (C=O) groups is 1. The molecule has 8 heteroatoms. The lowest BCUT2D eigenvalue weighted by Gasteiger charge is -2.27. The molecule has 7 nitrogen and oxygen atoms in total. The first-order valence-corrected chi connectivity index (χ1v) is 9.35. The van der Waals surface area contributed by atoms with Gasteiger partial charge in [-0.2, -0.15) is 0 Å². The fourth-order valence-corrected chi connectivity index (χ4v) is 4.49. The van der Waals surface area contributed by atoms with Crippen molar-refractivity contribution in [1.82, 2.24) is 9.88 Å². The van der Waals surface area contributed by atoms with Crippen molar-refractivity contribution in [3.8, 4) is 11.3 Å². The molecule has 2 atom stereocenters. The van der Waals surface area contributed by atoms with Gasteiger partial charge in [0.25, 0.3) is 0 Å². The summed E-state index contributed by atoms with van der Waals surface area (Å²) in [7, 11) is -3.82. The van der Waals surface area contributed by atoms with Gasteiger partial charge in [0, 0.05) is 17.7 Å². The van der Waals surface area contributed by atoms with Gasteiger partial charge in [-0.1, -0.05) is 29.4 Å². The number of nitrogens with one attached hydrogen (secondary N) is 1. The van der Waals surface area contributed by atoms with Gasteiger partial charge in [-0.3, -0.25) is 4.79 Å². The summed E-state index contributed by atoms with van der Waals surface area (Å²) >= 11 is 0. The minimum absolute atomic E-state index is 0.138. The Labute approximate surface area is 145 Å². The van der Waals surface area contributed by atoms with Gasteiger partial charge >= 0.3 is 0 Å². The maximum atomic E-state index is 12.9. The summed E-state index contributed by atoms with van der Waals surface area (Å²) in [6.45, 7) is 1.71. The molecule has 0 aliphatic heterocycles. The van der Waals surface area contributed by atoms with Crippen molar-refractivity contribution in [2.45, 2.75) is 30.7 Å². The van der Waals surface area contributed by atoms with Crippen molar-refractivity contribution in [2.75, 3.05) is 0 Å². The molecule has 1 heterocycles. The zero-order valence-electron chi connectivity index (χ0n) is 13.7. The van der Waals surface area contributed by atoms with Gasteiger partial charge in [0.2, 0.25) is 15.9 Å². The summed E-state index contributed by atoms with van der Waals surface area (Å²) in [5.41, 5.74) is 6.61. The molecule has 0 unspecified atom stereocenters. The van der Waals surface area contributed by atoms with E-state index in [1.54, 1.807) is 25.1 Å². The molecule has 25 heavy (non-hydrogen) atoms. The Morgan fingerprint density at radius 2 is 2.04 bits per heavy atom. The second-order valence-corrected chi connectivity index (χ2v) is 7.72. The van der Waals surface area contributed by atoms with E-state index in [2.05, 4.69) is 9.88 Å². The van der Waals surface area contributed by atoms with E-state index in [4.69, 9.17) is 10.3 Å². The summed E-state index contributed by atoms with van der Waals surface area (Å²) in [5.74, 6) is -0.589. The molecule has 0 radical (unpaired) electrons. The second kappa shape index (κ2) is 6.81. The van der Waals surface area contributed by atoms with Crippen LogP contribution in [0.4, 0.5) is 0 Å². The lowest BCUT2D eigenvalue weighted by Crippen LogP contribution is -2.46. The van der Waals surface area contributed by atoms with Crippen LogP contribution in [0.15, 0.2) is 52.0 Å². The number of amides is 1. The third-order valence-electron chi connectivity index (χ3n) is 4.30. The van der Waals surface area contributed by atoms with E-state index in [0.717, 1.165) is 0 Å². The number of carbonyl (C=O) groups excluding carboxylic acids is 1. The molecule has 0 saturated carbocycles. The average Bonchev–Trinajstić information content (AvgIpc) is 3.09. The topological polar surface area (TPSA) is 115 Å². The molecule has 1 aromatic carbocycles. The summed E-state index contributed by atoms with van der Waals surface area (Å²) in [6.07, 6.45) is 6.04. The summed E-state index contributed by atoms with van der Waals surface area (Å²) in [5, 5.41) is 3.64. The molecule has 1 amide bonds. The molecule has 3 N–H and O–H groups in total. The highest BCUT2D eigenvalue weighted by atomic mass is 32.2. The van der Waals surface area contributed by atoms with Crippen LogP contribution in [0, 0.1) is 12.8 Å². The lowest BCUT2D eigenvalue weighted by atomic mass is 9.89. The second-order valence-electron chi connectivity index (χ2n) is 6.04. The van der Waals surface area contributed by atoms with Crippen LogP contribution in [0.5, 0.6) is 0 Å². The van der Waals surface area contributed by atoms with Crippen molar-refractivity contribution >= 4 is 15.9 Å². The summed E-state index contributed by atoms with van der Waals surface area (Å²) in [6, 6.07) is 6.11. The van der Waals surface area contributed by atoms with E-state index in [1.165, 1.54) is 12.3 Å². The Bertz CT molecular complexity index is 904. The zero-order valence-corrected chi connectivity index (χ0v) is 14.5. The first-order valence-electron chi connectivity index (χ1n) is 7.87. The van der Waals surface area contributed by atoms with Crippen LogP contribution in [-0.4, -0.2) is 25.5 Å². The van der Waals surface area contributed by atoms with Gasteiger partial charge < -0.3 is 10.3 Å². The number of hydrogen-bond donors (Lipinski definition) is 2. The summed E-state index contributed by atoms with van der Waals surface area (Å²) < 4.78 is 33.5.